The maximum Gasteiger partial charge on any atom is 0.0600 e. The molecule has 0 amide bonds. The highest BCUT2D eigenvalue weighted by Crippen LogP contribution is 2.30. The number of rotatable bonds is 9. The molecule has 0 aliphatic heterocycles. The molecule has 0 aromatic rings. The van der Waals surface area contributed by atoms with Gasteiger partial charge in [-0.1, -0.05) is 57.2 Å². The van der Waals surface area contributed by atoms with E-state index in [1.807, 2.05) is 6.92 Å². The topological polar surface area (TPSA) is 20.2 Å². The predicted molar refractivity (Wildman–Crippen MR) is 81.6 cm³/mol. The summed E-state index contributed by atoms with van der Waals surface area (Å²) in [6.07, 6.45) is 18.0. The van der Waals surface area contributed by atoms with Gasteiger partial charge in [0.2, 0.25) is 0 Å². The highest BCUT2D eigenvalue weighted by Gasteiger charge is 2.25. The third-order valence-corrected chi connectivity index (χ3v) is 3.38. The summed E-state index contributed by atoms with van der Waals surface area (Å²) in [6.45, 7) is 8.30. The third kappa shape index (κ3) is 7.50. The summed E-state index contributed by atoms with van der Waals surface area (Å²) in [4.78, 5) is 0. The molecule has 0 rings (SSSR count). The minimum atomic E-state index is -0.307. The lowest BCUT2D eigenvalue weighted by Gasteiger charge is -2.29. The van der Waals surface area contributed by atoms with Gasteiger partial charge in [0.15, 0.2) is 0 Å². The quantitative estimate of drug-likeness (QED) is 0.569. The van der Waals surface area contributed by atoms with E-state index in [2.05, 4.69) is 57.2 Å². The van der Waals surface area contributed by atoms with Gasteiger partial charge in [-0.2, -0.15) is 0 Å². The second-order valence-corrected chi connectivity index (χ2v) is 5.12. The van der Waals surface area contributed by atoms with Crippen molar-refractivity contribution < 1.29 is 5.11 Å². The molecule has 0 aliphatic carbocycles. The van der Waals surface area contributed by atoms with Crippen molar-refractivity contribution in [3.05, 3.63) is 36.5 Å². The average Bonchev–Trinajstić information content (AvgIpc) is 2.34. The Morgan fingerprint density at radius 3 is 2.17 bits per heavy atom. The van der Waals surface area contributed by atoms with Gasteiger partial charge in [0, 0.05) is 5.41 Å². The first-order chi connectivity index (χ1) is 8.56. The molecule has 0 bridgehead atoms. The molecular weight excluding hydrogens is 220 g/mol. The molecule has 0 heterocycles. The van der Waals surface area contributed by atoms with Crippen LogP contribution < -0.4 is 0 Å². The average molecular weight is 250 g/mol. The second-order valence-electron chi connectivity index (χ2n) is 5.12. The lowest BCUT2D eigenvalue weighted by molar-refractivity contribution is 0.0814. The predicted octanol–water partition coefficient (Wildman–Crippen LogP) is 5.03. The number of aliphatic hydroxyl groups excluding tert-OH is 1. The molecule has 0 aliphatic rings. The highest BCUT2D eigenvalue weighted by atomic mass is 16.3. The van der Waals surface area contributed by atoms with Crippen molar-refractivity contribution in [1.29, 1.82) is 0 Å². The van der Waals surface area contributed by atoms with Gasteiger partial charge in [0.1, 0.15) is 0 Å². The molecule has 2 atom stereocenters. The molecule has 0 saturated heterocycles. The van der Waals surface area contributed by atoms with Crippen molar-refractivity contribution in [2.24, 2.45) is 5.41 Å². The van der Waals surface area contributed by atoms with E-state index in [4.69, 9.17) is 0 Å². The Morgan fingerprint density at radius 1 is 1.00 bits per heavy atom. The first-order valence-electron chi connectivity index (χ1n) is 7.22. The fourth-order valence-corrected chi connectivity index (χ4v) is 1.79. The Hall–Kier alpha value is -0.820. The number of hydrogen-bond donors (Lipinski definition) is 1. The van der Waals surface area contributed by atoms with Gasteiger partial charge in [0.05, 0.1) is 6.10 Å². The lowest BCUT2D eigenvalue weighted by Crippen LogP contribution is -2.27. The van der Waals surface area contributed by atoms with Crippen LogP contribution >= 0.6 is 0 Å². The van der Waals surface area contributed by atoms with Crippen LogP contribution in [0.2, 0.25) is 0 Å². The maximum absolute atomic E-state index is 9.94. The van der Waals surface area contributed by atoms with Gasteiger partial charge >= 0.3 is 0 Å². The van der Waals surface area contributed by atoms with Crippen molar-refractivity contribution >= 4 is 0 Å². The highest BCUT2D eigenvalue weighted by molar-refractivity contribution is 5.04. The van der Waals surface area contributed by atoms with E-state index >= 15 is 0 Å². The molecule has 0 aromatic carbocycles. The van der Waals surface area contributed by atoms with E-state index in [-0.39, 0.29) is 11.5 Å². The van der Waals surface area contributed by atoms with Crippen LogP contribution in [-0.4, -0.2) is 11.2 Å². The van der Waals surface area contributed by atoms with Crippen molar-refractivity contribution in [3.8, 4) is 0 Å². The standard InChI is InChI=1S/C17H30O/c1-5-7-9-11-13-15-17(4,16(3)18)14-12-10-8-6-2/h7-10,13,15-16,18H,5-6,11-12,14H2,1-4H3/b9-7-,10-8-,15-13+. The molecule has 18 heavy (non-hydrogen) atoms. The molecule has 0 spiro atoms. The smallest absolute Gasteiger partial charge is 0.0600 e. The number of hydrogen-bond acceptors (Lipinski definition) is 1. The van der Waals surface area contributed by atoms with Crippen molar-refractivity contribution in [1.82, 2.24) is 0 Å². The van der Waals surface area contributed by atoms with E-state index in [1.165, 1.54) is 0 Å². The molecule has 1 heteroatoms. The zero-order valence-corrected chi connectivity index (χ0v) is 12.5. The van der Waals surface area contributed by atoms with Crippen LogP contribution in [0.1, 0.15) is 59.8 Å². The fourth-order valence-electron chi connectivity index (χ4n) is 1.79. The molecule has 1 nitrogen and oxygen atoms in total. The van der Waals surface area contributed by atoms with E-state index in [0.717, 1.165) is 32.1 Å². The molecule has 2 unspecified atom stereocenters. The Balaban J connectivity index is 4.33. The number of aliphatic hydroxyl groups is 1. The van der Waals surface area contributed by atoms with Crippen LogP contribution in [0, 0.1) is 5.41 Å². The normalized spacial score (nSPS) is 17.8. The summed E-state index contributed by atoms with van der Waals surface area (Å²) in [5.74, 6) is 0. The van der Waals surface area contributed by atoms with Gasteiger partial charge in [-0.3, -0.25) is 0 Å². The summed E-state index contributed by atoms with van der Waals surface area (Å²) in [7, 11) is 0. The molecule has 0 radical (unpaired) electrons. The van der Waals surface area contributed by atoms with Crippen LogP contribution in [-0.2, 0) is 0 Å². The minimum absolute atomic E-state index is 0.113. The molecule has 0 aromatic heterocycles. The fraction of sp³-hybridized carbons (Fsp3) is 0.647. The second kappa shape index (κ2) is 10.1. The Bertz CT molecular complexity index is 273. The van der Waals surface area contributed by atoms with E-state index in [1.54, 1.807) is 0 Å². The summed E-state index contributed by atoms with van der Waals surface area (Å²) < 4.78 is 0. The van der Waals surface area contributed by atoms with Crippen LogP contribution in [0.15, 0.2) is 36.5 Å². The minimum Gasteiger partial charge on any atom is -0.393 e. The van der Waals surface area contributed by atoms with Gasteiger partial charge in [0.25, 0.3) is 0 Å². The van der Waals surface area contributed by atoms with Crippen molar-refractivity contribution in [3.63, 3.8) is 0 Å². The Morgan fingerprint density at radius 2 is 1.61 bits per heavy atom. The van der Waals surface area contributed by atoms with Crippen LogP contribution in [0.3, 0.4) is 0 Å². The van der Waals surface area contributed by atoms with E-state index in [0.29, 0.717) is 0 Å². The largest absolute Gasteiger partial charge is 0.393 e. The van der Waals surface area contributed by atoms with Crippen LogP contribution in [0.4, 0.5) is 0 Å². The molecular formula is C17H30O. The summed E-state index contributed by atoms with van der Waals surface area (Å²) in [5.41, 5.74) is -0.113. The van der Waals surface area contributed by atoms with Gasteiger partial charge in [-0.05, 0) is 39.0 Å². The first-order valence-corrected chi connectivity index (χ1v) is 7.22. The van der Waals surface area contributed by atoms with Gasteiger partial charge in [-0.15, -0.1) is 0 Å². The van der Waals surface area contributed by atoms with Gasteiger partial charge in [-0.25, -0.2) is 0 Å². The van der Waals surface area contributed by atoms with E-state index in [9.17, 15) is 5.11 Å². The Kier molecular flexibility index (Phi) is 9.67. The zero-order valence-electron chi connectivity index (χ0n) is 12.5. The maximum atomic E-state index is 9.94. The lowest BCUT2D eigenvalue weighted by atomic mass is 9.80. The van der Waals surface area contributed by atoms with Gasteiger partial charge < -0.3 is 5.11 Å². The van der Waals surface area contributed by atoms with Crippen molar-refractivity contribution in [2.75, 3.05) is 0 Å². The molecule has 1 N–H and O–H groups in total. The van der Waals surface area contributed by atoms with Crippen LogP contribution in [0.25, 0.3) is 0 Å². The molecule has 104 valence electrons. The summed E-state index contributed by atoms with van der Waals surface area (Å²) in [5, 5.41) is 9.94. The summed E-state index contributed by atoms with van der Waals surface area (Å²) in [6, 6.07) is 0. The first kappa shape index (κ1) is 17.2. The molecule has 0 saturated carbocycles. The third-order valence-electron chi connectivity index (χ3n) is 3.38. The summed E-state index contributed by atoms with van der Waals surface area (Å²) >= 11 is 0. The van der Waals surface area contributed by atoms with Crippen LogP contribution in [0.5, 0.6) is 0 Å². The zero-order chi connectivity index (χ0) is 13.9. The monoisotopic (exact) mass is 250 g/mol. The SMILES string of the molecule is CC/C=C\C/C=C/C(C)(CC/C=C\CC)C(C)O. The van der Waals surface area contributed by atoms with Crippen molar-refractivity contribution in [2.45, 2.75) is 65.9 Å². The molecule has 0 fully saturated rings. The Labute approximate surface area is 113 Å². The van der Waals surface area contributed by atoms with E-state index < -0.39 is 0 Å². The number of allylic oxidation sites excluding steroid dienone is 5.